The van der Waals surface area contributed by atoms with Crippen LogP contribution in [0.5, 0.6) is 0 Å². The van der Waals surface area contributed by atoms with E-state index >= 15 is 0 Å². The van der Waals surface area contributed by atoms with Crippen molar-refractivity contribution in [1.82, 2.24) is 4.90 Å². The van der Waals surface area contributed by atoms with Crippen LogP contribution in [-0.2, 0) is 16.1 Å². The third kappa shape index (κ3) is 5.35. The summed E-state index contributed by atoms with van der Waals surface area (Å²) in [6.45, 7) is 3.68. The Morgan fingerprint density at radius 3 is 2.67 bits per heavy atom. The van der Waals surface area contributed by atoms with Crippen molar-refractivity contribution in [1.29, 1.82) is 0 Å². The number of piperidine rings is 1. The molecule has 0 aliphatic carbocycles. The van der Waals surface area contributed by atoms with Gasteiger partial charge in [0.05, 0.1) is 17.0 Å². The van der Waals surface area contributed by atoms with E-state index in [1.807, 2.05) is 22.4 Å². The van der Waals surface area contributed by atoms with Crippen molar-refractivity contribution in [2.45, 2.75) is 26.3 Å². The number of esters is 1. The number of ether oxygens (including phenoxy) is 1. The predicted octanol–water partition coefficient (Wildman–Crippen LogP) is 3.71. The fourth-order valence-electron chi connectivity index (χ4n) is 3.36. The summed E-state index contributed by atoms with van der Waals surface area (Å²) in [5.74, 6) is -0.495. The number of hydrogen-bond acceptors (Lipinski definition) is 7. The quantitative estimate of drug-likeness (QED) is 0.377. The van der Waals surface area contributed by atoms with Crippen LogP contribution in [0.15, 0.2) is 35.7 Å². The fraction of sp³-hybridized carbons (Fsp3) is 0.429. The molecule has 8 nitrogen and oxygen atoms in total. The van der Waals surface area contributed by atoms with Crippen molar-refractivity contribution in [2.24, 2.45) is 5.92 Å². The zero-order valence-corrected chi connectivity index (χ0v) is 17.9. The molecule has 1 aromatic heterocycles. The van der Waals surface area contributed by atoms with E-state index in [-0.39, 0.29) is 17.2 Å². The minimum atomic E-state index is -0.755. The summed E-state index contributed by atoms with van der Waals surface area (Å²) in [6.07, 6.45) is 1.95. The molecule has 9 heteroatoms. The second-order valence-electron chi connectivity index (χ2n) is 7.54. The highest BCUT2D eigenvalue weighted by Crippen LogP contribution is 2.32. The number of thiophene rings is 1. The highest BCUT2D eigenvalue weighted by molar-refractivity contribution is 7.09. The van der Waals surface area contributed by atoms with Crippen molar-refractivity contribution in [3.8, 4) is 0 Å². The largest absolute Gasteiger partial charge is 0.452 e. The predicted molar refractivity (Wildman–Crippen MR) is 115 cm³/mol. The Labute approximate surface area is 179 Å². The van der Waals surface area contributed by atoms with Crippen LogP contribution in [0.25, 0.3) is 0 Å². The average molecular weight is 432 g/mol. The highest BCUT2D eigenvalue weighted by Gasteiger charge is 2.25. The maximum absolute atomic E-state index is 12.4. The number of carbonyl (C=O) groups excluding carboxylic acids is 2. The molecule has 0 radical (unpaired) electrons. The Hall–Kier alpha value is -2.94. The van der Waals surface area contributed by atoms with Crippen LogP contribution in [0.4, 0.5) is 11.4 Å². The summed E-state index contributed by atoms with van der Waals surface area (Å²) >= 11 is 1.54. The zero-order chi connectivity index (χ0) is 21.7. The van der Waals surface area contributed by atoms with Crippen molar-refractivity contribution in [3.63, 3.8) is 0 Å². The van der Waals surface area contributed by atoms with Crippen molar-refractivity contribution in [2.75, 3.05) is 31.6 Å². The standard InChI is InChI=1S/C21H25N3O5S/c1-15-7-9-23(10-8-15)18-6-5-16(12-19(18)24(27)28)21(26)29-14-20(25)22(2)13-17-4-3-11-30-17/h3-6,11-12,15H,7-10,13-14H2,1-2H3. The van der Waals surface area contributed by atoms with Crippen LogP contribution < -0.4 is 4.90 Å². The molecule has 0 unspecified atom stereocenters. The van der Waals surface area contributed by atoms with Gasteiger partial charge in [-0.05, 0) is 42.3 Å². The summed E-state index contributed by atoms with van der Waals surface area (Å²) in [5.41, 5.74) is 0.444. The lowest BCUT2D eigenvalue weighted by molar-refractivity contribution is -0.384. The van der Waals surface area contributed by atoms with Gasteiger partial charge in [0.1, 0.15) is 5.69 Å². The number of likely N-dealkylation sites (N-methyl/N-ethyl adjacent to an activating group) is 1. The molecule has 160 valence electrons. The number of anilines is 1. The molecular weight excluding hydrogens is 406 g/mol. The van der Waals surface area contributed by atoms with Gasteiger partial charge < -0.3 is 14.5 Å². The number of hydrogen-bond donors (Lipinski definition) is 0. The van der Waals surface area contributed by atoms with Gasteiger partial charge in [0.15, 0.2) is 6.61 Å². The van der Waals surface area contributed by atoms with E-state index in [0.717, 1.165) is 30.8 Å². The Kier molecular flexibility index (Phi) is 7.04. The number of nitro groups is 1. The molecule has 0 spiro atoms. The number of rotatable bonds is 7. The first kappa shape index (κ1) is 21.8. The van der Waals surface area contributed by atoms with E-state index < -0.39 is 17.5 Å². The molecule has 1 amide bonds. The van der Waals surface area contributed by atoms with Gasteiger partial charge >= 0.3 is 5.97 Å². The molecule has 2 aromatic rings. The van der Waals surface area contributed by atoms with Gasteiger partial charge in [0.2, 0.25) is 0 Å². The van der Waals surface area contributed by atoms with Crippen molar-refractivity contribution < 1.29 is 19.2 Å². The third-order valence-electron chi connectivity index (χ3n) is 5.26. The first-order valence-electron chi connectivity index (χ1n) is 9.82. The van der Waals surface area contributed by atoms with Gasteiger partial charge in [0, 0.05) is 31.1 Å². The summed E-state index contributed by atoms with van der Waals surface area (Å²) in [7, 11) is 1.63. The van der Waals surface area contributed by atoms with E-state index in [0.29, 0.717) is 18.2 Å². The lowest BCUT2D eigenvalue weighted by Gasteiger charge is -2.31. The molecular formula is C21H25N3O5S. The van der Waals surface area contributed by atoms with Crippen LogP contribution >= 0.6 is 11.3 Å². The second kappa shape index (κ2) is 9.71. The maximum Gasteiger partial charge on any atom is 0.338 e. The van der Waals surface area contributed by atoms with Crippen LogP contribution in [0, 0.1) is 16.0 Å². The molecule has 0 N–H and O–H groups in total. The van der Waals surface area contributed by atoms with E-state index in [9.17, 15) is 19.7 Å². The maximum atomic E-state index is 12.4. The summed E-state index contributed by atoms with van der Waals surface area (Å²) in [6, 6.07) is 8.16. The number of nitro benzene ring substituents is 1. The normalized spacial score (nSPS) is 14.4. The summed E-state index contributed by atoms with van der Waals surface area (Å²) in [5, 5.41) is 13.5. The Bertz CT molecular complexity index is 907. The lowest BCUT2D eigenvalue weighted by Crippen LogP contribution is -2.33. The van der Waals surface area contributed by atoms with Crippen molar-refractivity contribution >= 4 is 34.6 Å². The fourth-order valence-corrected chi connectivity index (χ4v) is 4.12. The minimum Gasteiger partial charge on any atom is -0.452 e. The molecule has 1 aromatic carbocycles. The minimum absolute atomic E-state index is 0.0598. The van der Waals surface area contributed by atoms with E-state index in [4.69, 9.17) is 4.74 Å². The van der Waals surface area contributed by atoms with E-state index in [1.165, 1.54) is 28.4 Å². The average Bonchev–Trinajstić information content (AvgIpc) is 3.24. The van der Waals surface area contributed by atoms with Crippen LogP contribution in [0.2, 0.25) is 0 Å². The zero-order valence-electron chi connectivity index (χ0n) is 17.1. The summed E-state index contributed by atoms with van der Waals surface area (Å²) < 4.78 is 5.10. The van der Waals surface area contributed by atoms with Crippen molar-refractivity contribution in [3.05, 3.63) is 56.3 Å². The van der Waals surface area contributed by atoms with Gasteiger partial charge in [-0.2, -0.15) is 0 Å². The highest BCUT2D eigenvalue weighted by atomic mass is 32.1. The molecule has 3 rings (SSSR count). The number of nitrogens with zero attached hydrogens (tertiary/aromatic N) is 3. The van der Waals surface area contributed by atoms with Gasteiger partial charge in [0.25, 0.3) is 11.6 Å². The Balaban J connectivity index is 1.63. The second-order valence-corrected chi connectivity index (χ2v) is 8.57. The smallest absolute Gasteiger partial charge is 0.338 e. The molecule has 2 heterocycles. The molecule has 30 heavy (non-hydrogen) atoms. The number of benzene rings is 1. The molecule has 1 fully saturated rings. The molecule has 1 saturated heterocycles. The van der Waals surface area contributed by atoms with Gasteiger partial charge in [-0.25, -0.2) is 4.79 Å². The van der Waals surface area contributed by atoms with Gasteiger partial charge in [-0.3, -0.25) is 14.9 Å². The SMILES string of the molecule is CC1CCN(c2ccc(C(=O)OCC(=O)N(C)Cc3cccs3)cc2[N+](=O)[O-])CC1. The first-order valence-corrected chi connectivity index (χ1v) is 10.7. The van der Waals surface area contributed by atoms with Gasteiger partial charge in [-0.15, -0.1) is 11.3 Å². The Morgan fingerprint density at radius 2 is 2.03 bits per heavy atom. The van der Waals surface area contributed by atoms with E-state index in [1.54, 1.807) is 13.1 Å². The van der Waals surface area contributed by atoms with Gasteiger partial charge in [-0.1, -0.05) is 13.0 Å². The van der Waals surface area contributed by atoms with E-state index in [2.05, 4.69) is 6.92 Å². The first-order chi connectivity index (χ1) is 14.3. The Morgan fingerprint density at radius 1 is 1.30 bits per heavy atom. The molecule has 0 atom stereocenters. The molecule has 1 aliphatic rings. The lowest BCUT2D eigenvalue weighted by atomic mass is 9.98. The molecule has 0 bridgehead atoms. The monoisotopic (exact) mass is 431 g/mol. The number of carbonyl (C=O) groups is 2. The van der Waals surface area contributed by atoms with Crippen LogP contribution in [0.3, 0.4) is 0 Å². The van der Waals surface area contributed by atoms with Crippen LogP contribution in [0.1, 0.15) is 35.0 Å². The summed E-state index contributed by atoms with van der Waals surface area (Å²) in [4.78, 5) is 40.1. The molecule has 0 saturated carbocycles. The topological polar surface area (TPSA) is 93.0 Å². The molecule has 1 aliphatic heterocycles. The number of amides is 1. The van der Waals surface area contributed by atoms with Crippen LogP contribution in [-0.4, -0.2) is 48.4 Å². The third-order valence-corrected chi connectivity index (χ3v) is 6.12.